The van der Waals surface area contributed by atoms with Gasteiger partial charge in [0.05, 0.1) is 19.6 Å². The Morgan fingerprint density at radius 2 is 1.62 bits per heavy atom. The summed E-state index contributed by atoms with van der Waals surface area (Å²) >= 11 is 0. The Balaban J connectivity index is 0.00000144. The third kappa shape index (κ3) is 6.03. The van der Waals surface area contributed by atoms with Gasteiger partial charge >= 0.3 is 0 Å². The second kappa shape index (κ2) is 8.49. The normalized spacial score (nSPS) is 18.2. The summed E-state index contributed by atoms with van der Waals surface area (Å²) in [5.41, 5.74) is 0. The monoisotopic (exact) mass is 189 g/mol. The third-order valence-corrected chi connectivity index (χ3v) is 2.94. The van der Waals surface area contributed by atoms with E-state index in [1.807, 2.05) is 4.90 Å². The first-order chi connectivity index (χ1) is 5.93. The van der Waals surface area contributed by atoms with Crippen molar-refractivity contribution in [1.29, 1.82) is 0 Å². The minimum atomic E-state index is 0. The van der Waals surface area contributed by atoms with E-state index in [1.165, 1.54) is 64.6 Å². The van der Waals surface area contributed by atoms with E-state index in [2.05, 4.69) is 6.92 Å². The molecule has 1 aliphatic rings. The van der Waals surface area contributed by atoms with Crippen molar-refractivity contribution in [3.05, 3.63) is 0 Å². The summed E-state index contributed by atoms with van der Waals surface area (Å²) in [6, 6.07) is 0. The molecule has 0 amide bonds. The first-order valence-corrected chi connectivity index (χ1v) is 5.77. The second-order valence-electron chi connectivity index (χ2n) is 4.12. The maximum absolute atomic E-state index is 2.29. The van der Waals surface area contributed by atoms with Gasteiger partial charge in [-0.05, 0) is 32.1 Å². The highest BCUT2D eigenvalue weighted by Gasteiger charge is 2.11. The molecule has 0 aliphatic carbocycles. The van der Waals surface area contributed by atoms with Gasteiger partial charge in [-0.3, -0.25) is 0 Å². The SMILES string of the molecule is CCCCCC[NH+]1CCCCC1.[F-]. The van der Waals surface area contributed by atoms with Crippen LogP contribution in [0.4, 0.5) is 0 Å². The van der Waals surface area contributed by atoms with Gasteiger partial charge in [0.15, 0.2) is 0 Å². The molecule has 0 aromatic rings. The van der Waals surface area contributed by atoms with Gasteiger partial charge in [-0.1, -0.05) is 19.8 Å². The Kier molecular flexibility index (Phi) is 8.41. The van der Waals surface area contributed by atoms with Crippen LogP contribution in [-0.4, -0.2) is 19.6 Å². The molecule has 0 saturated carbocycles. The zero-order valence-electron chi connectivity index (χ0n) is 8.95. The van der Waals surface area contributed by atoms with Crippen LogP contribution in [0.15, 0.2) is 0 Å². The predicted molar refractivity (Wildman–Crippen MR) is 53.6 cm³/mol. The number of nitrogens with one attached hydrogen (secondary N) is 1. The lowest BCUT2D eigenvalue weighted by atomic mass is 10.1. The van der Waals surface area contributed by atoms with Gasteiger partial charge in [-0.25, -0.2) is 0 Å². The molecular formula is C11H24FN. The molecule has 0 unspecified atom stereocenters. The fourth-order valence-electron chi connectivity index (χ4n) is 2.10. The van der Waals surface area contributed by atoms with Crippen LogP contribution in [0.5, 0.6) is 0 Å². The van der Waals surface area contributed by atoms with Crippen LogP contribution < -0.4 is 9.60 Å². The summed E-state index contributed by atoms with van der Waals surface area (Å²) < 4.78 is 0. The Hall–Kier alpha value is -0.110. The van der Waals surface area contributed by atoms with Gasteiger partial charge in [-0.15, -0.1) is 0 Å². The third-order valence-electron chi connectivity index (χ3n) is 2.94. The molecule has 2 heteroatoms. The molecule has 0 radical (unpaired) electrons. The minimum absolute atomic E-state index is 0. The van der Waals surface area contributed by atoms with Gasteiger partial charge in [-0.2, -0.15) is 0 Å². The van der Waals surface area contributed by atoms with Crippen molar-refractivity contribution in [2.24, 2.45) is 0 Å². The average molecular weight is 189 g/mol. The number of hydrogen-bond donors (Lipinski definition) is 1. The number of halogens is 1. The van der Waals surface area contributed by atoms with E-state index in [-0.39, 0.29) is 4.70 Å². The summed E-state index contributed by atoms with van der Waals surface area (Å²) in [6.45, 7) is 6.63. The number of quaternary nitrogens is 1. The summed E-state index contributed by atoms with van der Waals surface area (Å²) in [5, 5.41) is 0. The smallest absolute Gasteiger partial charge is 0.0770 e. The second-order valence-corrected chi connectivity index (χ2v) is 4.12. The highest BCUT2D eigenvalue weighted by Crippen LogP contribution is 1.98. The zero-order valence-corrected chi connectivity index (χ0v) is 8.95. The fourth-order valence-corrected chi connectivity index (χ4v) is 2.10. The molecular weight excluding hydrogens is 165 g/mol. The van der Waals surface area contributed by atoms with Crippen molar-refractivity contribution in [1.82, 2.24) is 0 Å². The van der Waals surface area contributed by atoms with Crippen molar-refractivity contribution in [3.8, 4) is 0 Å². The summed E-state index contributed by atoms with van der Waals surface area (Å²) in [5.74, 6) is 0. The van der Waals surface area contributed by atoms with Crippen molar-refractivity contribution >= 4 is 0 Å². The van der Waals surface area contributed by atoms with E-state index in [0.717, 1.165) is 0 Å². The van der Waals surface area contributed by atoms with Crippen LogP contribution in [0.25, 0.3) is 0 Å². The van der Waals surface area contributed by atoms with Crippen LogP contribution in [-0.2, 0) is 0 Å². The van der Waals surface area contributed by atoms with E-state index >= 15 is 0 Å². The Bertz CT molecular complexity index is 100. The first-order valence-electron chi connectivity index (χ1n) is 5.77. The van der Waals surface area contributed by atoms with E-state index in [0.29, 0.717) is 0 Å². The van der Waals surface area contributed by atoms with Crippen LogP contribution in [0, 0.1) is 0 Å². The average Bonchev–Trinajstić information content (AvgIpc) is 2.14. The Morgan fingerprint density at radius 3 is 2.23 bits per heavy atom. The number of hydrogen-bond acceptors (Lipinski definition) is 0. The van der Waals surface area contributed by atoms with Gasteiger partial charge in [0.25, 0.3) is 0 Å². The van der Waals surface area contributed by atoms with Gasteiger partial charge in [0.1, 0.15) is 0 Å². The molecule has 1 saturated heterocycles. The molecule has 80 valence electrons. The number of likely N-dealkylation sites (tertiary alicyclic amines) is 1. The summed E-state index contributed by atoms with van der Waals surface area (Å²) in [7, 11) is 0. The molecule has 1 heterocycles. The fraction of sp³-hybridized carbons (Fsp3) is 1.00. The molecule has 0 bridgehead atoms. The van der Waals surface area contributed by atoms with Crippen molar-refractivity contribution < 1.29 is 9.60 Å². The highest BCUT2D eigenvalue weighted by molar-refractivity contribution is 4.46. The molecule has 0 aromatic heterocycles. The van der Waals surface area contributed by atoms with Crippen molar-refractivity contribution in [2.45, 2.75) is 51.9 Å². The highest BCUT2D eigenvalue weighted by atomic mass is 19.0. The van der Waals surface area contributed by atoms with E-state index < -0.39 is 0 Å². The maximum atomic E-state index is 2.29. The molecule has 0 spiro atoms. The molecule has 1 N–H and O–H groups in total. The molecule has 0 atom stereocenters. The molecule has 1 fully saturated rings. The number of piperidine rings is 1. The van der Waals surface area contributed by atoms with Crippen molar-refractivity contribution in [3.63, 3.8) is 0 Å². The molecule has 13 heavy (non-hydrogen) atoms. The van der Waals surface area contributed by atoms with E-state index in [9.17, 15) is 0 Å². The van der Waals surface area contributed by atoms with Crippen LogP contribution in [0.3, 0.4) is 0 Å². The Labute approximate surface area is 81.9 Å². The zero-order chi connectivity index (χ0) is 8.65. The topological polar surface area (TPSA) is 4.44 Å². The number of unbranched alkanes of at least 4 members (excludes halogenated alkanes) is 3. The summed E-state index contributed by atoms with van der Waals surface area (Å²) in [4.78, 5) is 1.87. The standard InChI is InChI=1S/C11H23N.FH/c1-2-3-4-6-9-12-10-7-5-8-11-12;/h2-11H2,1H3;1H. The van der Waals surface area contributed by atoms with Gasteiger partial charge in [0.2, 0.25) is 0 Å². The number of rotatable bonds is 5. The lowest BCUT2D eigenvalue weighted by molar-refractivity contribution is -0.905. The van der Waals surface area contributed by atoms with E-state index in [4.69, 9.17) is 0 Å². The van der Waals surface area contributed by atoms with E-state index in [1.54, 1.807) is 0 Å². The summed E-state index contributed by atoms with van der Waals surface area (Å²) in [6.07, 6.45) is 10.2. The van der Waals surface area contributed by atoms with Gasteiger partial charge < -0.3 is 9.60 Å². The van der Waals surface area contributed by atoms with Crippen LogP contribution >= 0.6 is 0 Å². The quantitative estimate of drug-likeness (QED) is 0.510. The largest absolute Gasteiger partial charge is 1.00 e. The molecule has 1 rings (SSSR count). The Morgan fingerprint density at radius 1 is 0.923 bits per heavy atom. The molecule has 1 nitrogen and oxygen atoms in total. The lowest BCUT2D eigenvalue weighted by Crippen LogP contribution is -3.12. The lowest BCUT2D eigenvalue weighted by Gasteiger charge is -2.23. The van der Waals surface area contributed by atoms with Crippen molar-refractivity contribution in [2.75, 3.05) is 19.6 Å². The molecule has 0 aromatic carbocycles. The van der Waals surface area contributed by atoms with Gasteiger partial charge in [0, 0.05) is 0 Å². The minimum Gasteiger partial charge on any atom is -1.00 e. The maximum Gasteiger partial charge on any atom is 0.0770 e. The van der Waals surface area contributed by atoms with Crippen LogP contribution in [0.2, 0.25) is 0 Å². The van der Waals surface area contributed by atoms with Crippen LogP contribution in [0.1, 0.15) is 51.9 Å². The first kappa shape index (κ1) is 12.9. The molecule has 1 aliphatic heterocycles. The predicted octanol–water partition coefficient (Wildman–Crippen LogP) is -1.36.